The molecule has 0 saturated carbocycles. The van der Waals surface area contributed by atoms with Gasteiger partial charge in [-0.3, -0.25) is 0 Å². The van der Waals surface area contributed by atoms with Crippen LogP contribution in [0, 0.1) is 20.8 Å². The molecule has 0 radical (unpaired) electrons. The van der Waals surface area contributed by atoms with Crippen molar-refractivity contribution in [2.24, 2.45) is 0 Å². The minimum absolute atomic E-state index is 0.117. The Morgan fingerprint density at radius 1 is 0.469 bits per heavy atom. The second kappa shape index (κ2) is 12.3. The molecular weight excluding hydrogens is 408 g/mol. The lowest BCUT2D eigenvalue weighted by molar-refractivity contribution is 0.496. The van der Waals surface area contributed by atoms with Gasteiger partial charge in [-0.15, -0.1) is 11.6 Å². The lowest BCUT2D eigenvalue weighted by Gasteiger charge is -2.36. The molecule has 0 aliphatic rings. The molecule has 1 heteroatoms. The van der Waals surface area contributed by atoms with Crippen molar-refractivity contribution >= 4 is 11.6 Å². The average molecular weight is 447 g/mol. The lowest BCUT2D eigenvalue weighted by Crippen LogP contribution is -2.29. The van der Waals surface area contributed by atoms with Crippen molar-refractivity contribution in [3.8, 4) is 0 Å². The molecule has 0 N–H and O–H groups in total. The molecule has 0 spiro atoms. The molecule has 170 valence electrons. The predicted octanol–water partition coefficient (Wildman–Crippen LogP) is 9.31. The number of alkyl halides is 1. The summed E-state index contributed by atoms with van der Waals surface area (Å²) in [5.74, 6) is 0.798. The largest absolute Gasteiger partial charge is 0.127 e. The minimum Gasteiger partial charge on any atom is -0.127 e. The second-order valence-corrected chi connectivity index (χ2v) is 9.80. The first-order valence-corrected chi connectivity index (χ1v) is 12.9. The van der Waals surface area contributed by atoms with E-state index in [0.29, 0.717) is 0 Å². The van der Waals surface area contributed by atoms with Gasteiger partial charge in [0.05, 0.1) is 0 Å². The maximum absolute atomic E-state index is 5.82. The van der Waals surface area contributed by atoms with Crippen molar-refractivity contribution in [1.82, 2.24) is 0 Å². The molecule has 0 aliphatic heterocycles. The van der Waals surface area contributed by atoms with Crippen LogP contribution in [-0.2, 0) is 5.41 Å². The number of aryl methyl sites for hydroxylation is 3. The fourth-order valence-corrected chi connectivity index (χ4v) is 5.00. The highest BCUT2D eigenvalue weighted by atomic mass is 35.5. The molecule has 32 heavy (non-hydrogen) atoms. The van der Waals surface area contributed by atoms with Gasteiger partial charge in [-0.1, -0.05) is 128 Å². The van der Waals surface area contributed by atoms with E-state index in [9.17, 15) is 0 Å². The van der Waals surface area contributed by atoms with Gasteiger partial charge >= 0.3 is 0 Å². The van der Waals surface area contributed by atoms with E-state index in [1.165, 1.54) is 71.9 Å². The Kier molecular flexibility index (Phi) is 9.42. The zero-order valence-corrected chi connectivity index (χ0v) is 20.9. The average Bonchev–Trinajstić information content (AvgIpc) is 2.80. The molecule has 0 unspecified atom stereocenters. The molecular formula is C31H39Cl. The van der Waals surface area contributed by atoms with Crippen molar-refractivity contribution < 1.29 is 0 Å². The quantitative estimate of drug-likeness (QED) is 0.148. The van der Waals surface area contributed by atoms with Gasteiger partial charge in [-0.2, -0.15) is 0 Å². The molecule has 0 aromatic heterocycles. The van der Waals surface area contributed by atoms with E-state index in [2.05, 4.69) is 93.6 Å². The van der Waals surface area contributed by atoms with E-state index in [0.717, 1.165) is 18.7 Å². The summed E-state index contributed by atoms with van der Waals surface area (Å²) < 4.78 is 0. The fourth-order valence-electron chi connectivity index (χ4n) is 4.82. The monoisotopic (exact) mass is 446 g/mol. The highest BCUT2D eigenvalue weighted by Crippen LogP contribution is 2.44. The van der Waals surface area contributed by atoms with E-state index in [-0.39, 0.29) is 5.41 Å². The Hall–Kier alpha value is -2.05. The van der Waals surface area contributed by atoms with Crippen molar-refractivity contribution in [1.29, 1.82) is 0 Å². The fraction of sp³-hybridized carbons (Fsp3) is 0.419. The Morgan fingerprint density at radius 2 is 0.781 bits per heavy atom. The van der Waals surface area contributed by atoms with Crippen molar-refractivity contribution in [3.63, 3.8) is 0 Å². The van der Waals surface area contributed by atoms with Crippen molar-refractivity contribution in [2.45, 2.75) is 77.6 Å². The van der Waals surface area contributed by atoms with Gasteiger partial charge in [0.1, 0.15) is 0 Å². The third kappa shape index (κ3) is 6.26. The summed E-state index contributed by atoms with van der Waals surface area (Å²) in [5, 5.41) is 0. The zero-order valence-electron chi connectivity index (χ0n) is 20.2. The SMILES string of the molecule is Cc1ccc(C(CCCCCCCCCCl)(c2ccc(C)cc2)c2ccc(C)cc2)cc1. The van der Waals surface area contributed by atoms with Crippen molar-refractivity contribution in [2.75, 3.05) is 5.88 Å². The van der Waals surface area contributed by atoms with E-state index in [1.54, 1.807) is 0 Å². The van der Waals surface area contributed by atoms with Crippen LogP contribution in [0.3, 0.4) is 0 Å². The van der Waals surface area contributed by atoms with Crippen LogP contribution < -0.4 is 0 Å². The minimum atomic E-state index is -0.117. The van der Waals surface area contributed by atoms with E-state index < -0.39 is 0 Å². The van der Waals surface area contributed by atoms with Gasteiger partial charge in [-0.25, -0.2) is 0 Å². The molecule has 0 aliphatic carbocycles. The first-order chi connectivity index (χ1) is 15.6. The summed E-state index contributed by atoms with van der Waals surface area (Å²) in [4.78, 5) is 0. The molecule has 3 rings (SSSR count). The molecule has 0 atom stereocenters. The first kappa shape index (κ1) is 24.6. The summed E-state index contributed by atoms with van der Waals surface area (Å²) in [6.45, 7) is 6.52. The summed E-state index contributed by atoms with van der Waals surface area (Å²) >= 11 is 5.82. The van der Waals surface area contributed by atoms with Gasteiger partial charge in [0.25, 0.3) is 0 Å². The molecule has 0 bridgehead atoms. The maximum Gasteiger partial charge on any atom is 0.0451 e. The normalized spacial score (nSPS) is 11.6. The summed E-state index contributed by atoms with van der Waals surface area (Å²) in [6, 6.07) is 27.7. The van der Waals surface area contributed by atoms with Gasteiger partial charge in [-0.05, 0) is 50.3 Å². The van der Waals surface area contributed by atoms with Crippen LogP contribution in [0.25, 0.3) is 0 Å². The molecule has 0 amide bonds. The number of hydrogen-bond donors (Lipinski definition) is 0. The van der Waals surface area contributed by atoms with E-state index >= 15 is 0 Å². The Balaban J connectivity index is 1.93. The molecule has 0 nitrogen and oxygen atoms in total. The number of unbranched alkanes of at least 4 members (excludes halogenated alkanes) is 6. The van der Waals surface area contributed by atoms with Crippen LogP contribution in [0.2, 0.25) is 0 Å². The number of hydrogen-bond acceptors (Lipinski definition) is 0. The summed E-state index contributed by atoms with van der Waals surface area (Å²) in [7, 11) is 0. The lowest BCUT2D eigenvalue weighted by atomic mass is 9.66. The van der Waals surface area contributed by atoms with Gasteiger partial charge in [0.2, 0.25) is 0 Å². The van der Waals surface area contributed by atoms with Crippen LogP contribution >= 0.6 is 11.6 Å². The van der Waals surface area contributed by atoms with Gasteiger partial charge < -0.3 is 0 Å². The summed E-state index contributed by atoms with van der Waals surface area (Å²) in [5.41, 5.74) is 8.02. The van der Waals surface area contributed by atoms with Crippen molar-refractivity contribution in [3.05, 3.63) is 106 Å². The smallest absolute Gasteiger partial charge is 0.0451 e. The second-order valence-electron chi connectivity index (χ2n) is 9.42. The third-order valence-corrected chi connectivity index (χ3v) is 7.09. The van der Waals surface area contributed by atoms with Gasteiger partial charge in [0.15, 0.2) is 0 Å². The van der Waals surface area contributed by atoms with Crippen LogP contribution in [0.5, 0.6) is 0 Å². The molecule has 3 aromatic carbocycles. The van der Waals surface area contributed by atoms with Crippen LogP contribution in [0.1, 0.15) is 84.7 Å². The highest BCUT2D eigenvalue weighted by molar-refractivity contribution is 6.17. The van der Waals surface area contributed by atoms with Gasteiger partial charge in [0, 0.05) is 11.3 Å². The molecule has 0 saturated heterocycles. The maximum atomic E-state index is 5.82. The van der Waals surface area contributed by atoms with Crippen LogP contribution in [-0.4, -0.2) is 5.88 Å². The predicted molar refractivity (Wildman–Crippen MR) is 141 cm³/mol. The standard InChI is InChI=1S/C31H39Cl/c1-25-11-17-28(18-12-25)31(29-19-13-26(2)14-20-29,30-21-15-27(3)16-22-30)23-9-7-5-4-6-8-10-24-32/h11-22H,4-10,23-24H2,1-3H3. The highest BCUT2D eigenvalue weighted by Gasteiger charge is 2.35. The first-order valence-electron chi connectivity index (χ1n) is 12.3. The summed E-state index contributed by atoms with van der Waals surface area (Å²) in [6.07, 6.45) is 10.0. The molecule has 0 heterocycles. The van der Waals surface area contributed by atoms with Crippen LogP contribution in [0.15, 0.2) is 72.8 Å². The Bertz CT molecular complexity index is 809. The van der Waals surface area contributed by atoms with Crippen LogP contribution in [0.4, 0.5) is 0 Å². The third-order valence-electron chi connectivity index (χ3n) is 6.82. The van der Waals surface area contributed by atoms with E-state index in [1.807, 2.05) is 0 Å². The van der Waals surface area contributed by atoms with E-state index in [4.69, 9.17) is 11.6 Å². The molecule has 0 fully saturated rings. The molecule has 3 aromatic rings. The zero-order chi connectivity index (χ0) is 22.8. The topological polar surface area (TPSA) is 0 Å². The number of benzene rings is 3. The number of rotatable bonds is 12. The number of halogens is 1. The Labute approximate surface area is 201 Å². The Morgan fingerprint density at radius 3 is 1.12 bits per heavy atom.